The number of nitrogens with zero attached hydrogens (tertiary/aromatic N) is 1. The van der Waals surface area contributed by atoms with Gasteiger partial charge in [0.15, 0.2) is 0 Å². The van der Waals surface area contributed by atoms with Gasteiger partial charge in [-0.15, -0.1) is 0 Å². The fourth-order valence-corrected chi connectivity index (χ4v) is 2.66. The molecule has 0 spiro atoms. The monoisotopic (exact) mass is 221 g/mol. The van der Waals surface area contributed by atoms with Gasteiger partial charge < -0.3 is 9.64 Å². The number of hydrogen-bond acceptors (Lipinski definition) is 2. The zero-order chi connectivity index (χ0) is 11.0. The first kappa shape index (κ1) is 10.1. The van der Waals surface area contributed by atoms with Crippen molar-refractivity contribution in [2.75, 3.05) is 31.2 Å². The first-order valence-electron chi connectivity index (χ1n) is 5.99. The molecule has 0 aromatic heterocycles. The molecular formula is C13H16FNO. The lowest BCUT2D eigenvalue weighted by Gasteiger charge is -2.29. The highest BCUT2D eigenvalue weighted by molar-refractivity contribution is 5.54. The summed E-state index contributed by atoms with van der Waals surface area (Å²) in [4.78, 5) is 2.09. The maximum Gasteiger partial charge on any atom is 0.149 e. The average Bonchev–Trinajstić information content (AvgIpc) is 2.80. The zero-order valence-corrected chi connectivity index (χ0v) is 9.34. The van der Waals surface area contributed by atoms with Crippen LogP contribution in [0.15, 0.2) is 12.1 Å². The minimum atomic E-state index is 0.0110. The Morgan fingerprint density at radius 3 is 2.75 bits per heavy atom. The van der Waals surface area contributed by atoms with E-state index in [1.165, 1.54) is 5.56 Å². The third kappa shape index (κ3) is 1.59. The number of aryl methyl sites for hydroxylation is 1. The van der Waals surface area contributed by atoms with E-state index in [1.54, 1.807) is 0 Å². The van der Waals surface area contributed by atoms with Crippen molar-refractivity contribution in [1.29, 1.82) is 0 Å². The Labute approximate surface area is 95.0 Å². The van der Waals surface area contributed by atoms with Gasteiger partial charge in [0, 0.05) is 13.1 Å². The van der Waals surface area contributed by atoms with Crippen molar-refractivity contribution in [2.24, 2.45) is 0 Å². The third-order valence-electron chi connectivity index (χ3n) is 3.54. The lowest BCUT2D eigenvalue weighted by Crippen LogP contribution is -2.36. The van der Waals surface area contributed by atoms with Crippen LogP contribution in [-0.2, 0) is 17.6 Å². The second-order valence-corrected chi connectivity index (χ2v) is 4.49. The van der Waals surface area contributed by atoms with Crippen LogP contribution in [-0.4, -0.2) is 26.3 Å². The number of benzene rings is 1. The summed E-state index contributed by atoms with van der Waals surface area (Å²) >= 11 is 0. The Bertz CT molecular complexity index is 399. The predicted octanol–water partition coefficient (Wildman–Crippen LogP) is 2.15. The van der Waals surface area contributed by atoms with Crippen LogP contribution in [0.5, 0.6) is 0 Å². The van der Waals surface area contributed by atoms with Crippen LogP contribution in [0.1, 0.15) is 17.5 Å². The number of rotatable bonds is 1. The van der Waals surface area contributed by atoms with Gasteiger partial charge in [-0.2, -0.15) is 0 Å². The molecule has 0 atom stereocenters. The minimum Gasteiger partial charge on any atom is -0.378 e. The largest absolute Gasteiger partial charge is 0.378 e. The van der Waals surface area contributed by atoms with Crippen LogP contribution in [0, 0.1) is 5.82 Å². The summed E-state index contributed by atoms with van der Waals surface area (Å²) < 4.78 is 19.6. The summed E-state index contributed by atoms with van der Waals surface area (Å²) in [6, 6.07) is 4.03. The molecule has 3 rings (SSSR count). The van der Waals surface area contributed by atoms with Crippen molar-refractivity contribution in [2.45, 2.75) is 19.3 Å². The van der Waals surface area contributed by atoms with E-state index >= 15 is 0 Å². The molecular weight excluding hydrogens is 205 g/mol. The van der Waals surface area contributed by atoms with Gasteiger partial charge in [0.1, 0.15) is 5.82 Å². The third-order valence-corrected chi connectivity index (χ3v) is 3.54. The first-order chi connectivity index (χ1) is 7.86. The highest BCUT2D eigenvalue weighted by Crippen LogP contribution is 2.31. The van der Waals surface area contributed by atoms with Gasteiger partial charge in [-0.25, -0.2) is 4.39 Å². The van der Waals surface area contributed by atoms with Gasteiger partial charge >= 0.3 is 0 Å². The second kappa shape index (κ2) is 4.06. The Morgan fingerprint density at radius 1 is 1.12 bits per heavy atom. The Hall–Kier alpha value is -1.09. The Morgan fingerprint density at radius 2 is 1.94 bits per heavy atom. The van der Waals surface area contributed by atoms with Gasteiger partial charge in [0.05, 0.1) is 18.9 Å². The van der Waals surface area contributed by atoms with Gasteiger partial charge in [0.25, 0.3) is 0 Å². The predicted molar refractivity (Wildman–Crippen MR) is 61.5 cm³/mol. The fourth-order valence-electron chi connectivity index (χ4n) is 2.66. The molecule has 0 radical (unpaired) electrons. The van der Waals surface area contributed by atoms with E-state index < -0.39 is 0 Å². The van der Waals surface area contributed by atoms with Crippen LogP contribution in [0.25, 0.3) is 0 Å². The molecule has 86 valence electrons. The maximum absolute atomic E-state index is 14.3. The van der Waals surface area contributed by atoms with E-state index in [2.05, 4.69) is 11.0 Å². The first-order valence-corrected chi connectivity index (χ1v) is 5.99. The topological polar surface area (TPSA) is 12.5 Å². The zero-order valence-electron chi connectivity index (χ0n) is 9.34. The van der Waals surface area contributed by atoms with Crippen molar-refractivity contribution < 1.29 is 9.13 Å². The van der Waals surface area contributed by atoms with Gasteiger partial charge in [-0.3, -0.25) is 0 Å². The molecule has 2 nitrogen and oxygen atoms in total. The Kier molecular flexibility index (Phi) is 2.56. The van der Waals surface area contributed by atoms with E-state index in [0.717, 1.165) is 43.6 Å². The van der Waals surface area contributed by atoms with Crippen LogP contribution >= 0.6 is 0 Å². The summed E-state index contributed by atoms with van der Waals surface area (Å²) in [6.45, 7) is 3.01. The summed E-state index contributed by atoms with van der Waals surface area (Å²) in [5, 5.41) is 0. The van der Waals surface area contributed by atoms with Crippen molar-refractivity contribution in [3.8, 4) is 0 Å². The minimum absolute atomic E-state index is 0.0110. The van der Waals surface area contributed by atoms with Crippen LogP contribution in [0.4, 0.5) is 10.1 Å². The van der Waals surface area contributed by atoms with Gasteiger partial charge in [0.2, 0.25) is 0 Å². The summed E-state index contributed by atoms with van der Waals surface area (Å²) in [5.74, 6) is 0.0110. The van der Waals surface area contributed by atoms with E-state index in [0.29, 0.717) is 13.2 Å². The highest BCUT2D eigenvalue weighted by Gasteiger charge is 2.21. The highest BCUT2D eigenvalue weighted by atomic mass is 19.1. The molecule has 1 aliphatic heterocycles. The number of anilines is 1. The molecule has 0 unspecified atom stereocenters. The standard InChI is InChI=1S/C13H16FNO/c14-13-11-3-1-2-10(11)4-5-12(13)15-6-8-16-9-7-15/h4-5H,1-3,6-9H2. The molecule has 0 saturated carbocycles. The molecule has 1 fully saturated rings. The lowest BCUT2D eigenvalue weighted by atomic mass is 10.1. The van der Waals surface area contributed by atoms with E-state index in [9.17, 15) is 4.39 Å². The molecule has 1 saturated heterocycles. The molecule has 0 bridgehead atoms. The van der Waals surface area contributed by atoms with Crippen LogP contribution in [0.3, 0.4) is 0 Å². The van der Waals surface area contributed by atoms with E-state index in [4.69, 9.17) is 4.74 Å². The van der Waals surface area contributed by atoms with Gasteiger partial charge in [-0.1, -0.05) is 6.07 Å². The summed E-state index contributed by atoms with van der Waals surface area (Å²) in [7, 11) is 0. The molecule has 1 aromatic carbocycles. The van der Waals surface area contributed by atoms with Crippen LogP contribution < -0.4 is 4.90 Å². The molecule has 3 heteroatoms. The van der Waals surface area contributed by atoms with Crippen molar-refractivity contribution >= 4 is 5.69 Å². The fraction of sp³-hybridized carbons (Fsp3) is 0.538. The molecule has 1 heterocycles. The lowest BCUT2D eigenvalue weighted by molar-refractivity contribution is 0.122. The number of ether oxygens (including phenoxy) is 1. The summed E-state index contributed by atoms with van der Waals surface area (Å²) in [5.41, 5.74) is 2.92. The van der Waals surface area contributed by atoms with Crippen molar-refractivity contribution in [3.05, 3.63) is 29.1 Å². The molecule has 16 heavy (non-hydrogen) atoms. The average molecular weight is 221 g/mol. The normalized spacial score (nSPS) is 19.9. The van der Waals surface area contributed by atoms with E-state index in [1.807, 2.05) is 6.07 Å². The molecule has 2 aliphatic rings. The molecule has 1 aliphatic carbocycles. The second-order valence-electron chi connectivity index (χ2n) is 4.49. The number of fused-ring (bicyclic) bond motifs is 1. The SMILES string of the molecule is Fc1c(N2CCOCC2)ccc2c1CCC2. The van der Waals surface area contributed by atoms with E-state index in [-0.39, 0.29) is 5.82 Å². The van der Waals surface area contributed by atoms with Crippen molar-refractivity contribution in [1.82, 2.24) is 0 Å². The quantitative estimate of drug-likeness (QED) is 0.720. The molecule has 1 aromatic rings. The number of morpholine rings is 1. The number of halogens is 1. The van der Waals surface area contributed by atoms with Crippen molar-refractivity contribution in [3.63, 3.8) is 0 Å². The van der Waals surface area contributed by atoms with Gasteiger partial charge in [-0.05, 0) is 36.5 Å². The molecule has 0 N–H and O–H groups in total. The molecule has 0 amide bonds. The Balaban J connectivity index is 1.95. The summed E-state index contributed by atoms with van der Waals surface area (Å²) in [6.07, 6.45) is 3.04. The van der Waals surface area contributed by atoms with Crippen LogP contribution in [0.2, 0.25) is 0 Å². The smallest absolute Gasteiger partial charge is 0.149 e. The number of hydrogen-bond donors (Lipinski definition) is 0. The maximum atomic E-state index is 14.3.